The van der Waals surface area contributed by atoms with Crippen molar-refractivity contribution in [1.82, 2.24) is 14.9 Å². The van der Waals surface area contributed by atoms with E-state index in [2.05, 4.69) is 39.5 Å². The number of para-hydroxylation sites is 1. The van der Waals surface area contributed by atoms with Gasteiger partial charge in [0.05, 0.1) is 16.8 Å². The molecule has 1 atom stereocenters. The summed E-state index contributed by atoms with van der Waals surface area (Å²) in [5, 5.41) is 8.26. The molecule has 1 aliphatic heterocycles. The second-order valence-electron chi connectivity index (χ2n) is 9.81. The Balaban J connectivity index is 1.22. The lowest BCUT2D eigenvalue weighted by molar-refractivity contribution is -0.124. The predicted molar refractivity (Wildman–Crippen MR) is 155 cm³/mol. The molecule has 196 valence electrons. The number of rotatable bonds is 6. The van der Waals surface area contributed by atoms with E-state index in [1.165, 1.54) is 11.3 Å². The number of nitrogens with one attached hydrogen (secondary N) is 1. The van der Waals surface area contributed by atoms with Crippen molar-refractivity contribution in [2.24, 2.45) is 0 Å². The normalized spacial score (nSPS) is 14.2. The quantitative estimate of drug-likeness (QED) is 0.265. The number of ether oxygens (including phenoxy) is 1. The Kier molecular flexibility index (Phi) is 6.81. The third kappa shape index (κ3) is 5.01. The number of carbonyl (C=O) groups is 2. The minimum atomic E-state index is -0.950. The zero-order valence-corrected chi connectivity index (χ0v) is 22.6. The molecule has 5 aromatic rings. The van der Waals surface area contributed by atoms with E-state index in [1.54, 1.807) is 0 Å². The molecule has 0 aliphatic carbocycles. The molecule has 1 unspecified atom stereocenters. The minimum Gasteiger partial charge on any atom is -0.449 e. The molecule has 1 aliphatic rings. The molecule has 8 heteroatoms. The molecule has 0 fully saturated rings. The van der Waals surface area contributed by atoms with E-state index in [0.717, 1.165) is 57.2 Å². The molecular weight excluding hydrogens is 508 g/mol. The second-order valence-corrected chi connectivity index (χ2v) is 10.7. The molecule has 0 spiro atoms. The first kappa shape index (κ1) is 25.2. The van der Waals surface area contributed by atoms with Gasteiger partial charge in [0.1, 0.15) is 0 Å². The van der Waals surface area contributed by atoms with E-state index < -0.39 is 18.0 Å². The number of aromatic nitrogens is 2. The molecule has 2 aromatic heterocycles. The standard InChI is InChI=1S/C31H28N4O3S/c1-3-27(29(36)34-31-33-26(18-39-31)21-13-12-19-8-4-5-9-20(19)16-21)38-30(37)28-22-10-6-7-11-24(22)32-25-14-15-35(2)17-23(25)28/h4-13,16,18,27H,3,14-15,17H2,1-2H3,(H,33,34,36). The molecular formula is C31H28N4O3S. The van der Waals surface area contributed by atoms with Crippen LogP contribution in [0.2, 0.25) is 0 Å². The van der Waals surface area contributed by atoms with Crippen LogP contribution in [-0.4, -0.2) is 46.4 Å². The van der Waals surface area contributed by atoms with Crippen LogP contribution in [0.4, 0.5) is 5.13 Å². The highest BCUT2D eigenvalue weighted by atomic mass is 32.1. The highest BCUT2D eigenvalue weighted by molar-refractivity contribution is 7.14. The van der Waals surface area contributed by atoms with Crippen molar-refractivity contribution < 1.29 is 14.3 Å². The Morgan fingerprint density at radius 1 is 1.05 bits per heavy atom. The maximum Gasteiger partial charge on any atom is 0.340 e. The molecule has 0 radical (unpaired) electrons. The number of pyridine rings is 1. The molecule has 0 saturated heterocycles. The van der Waals surface area contributed by atoms with Crippen LogP contribution in [0, 0.1) is 0 Å². The number of anilines is 1. The van der Waals surface area contributed by atoms with Crippen LogP contribution in [-0.2, 0) is 22.5 Å². The summed E-state index contributed by atoms with van der Waals surface area (Å²) in [7, 11) is 2.02. The van der Waals surface area contributed by atoms with Crippen molar-refractivity contribution in [1.29, 1.82) is 0 Å². The highest BCUT2D eigenvalue weighted by Crippen LogP contribution is 2.30. The summed E-state index contributed by atoms with van der Waals surface area (Å²) in [6, 6.07) is 21.9. The molecule has 39 heavy (non-hydrogen) atoms. The fourth-order valence-electron chi connectivity index (χ4n) is 5.07. The van der Waals surface area contributed by atoms with Crippen LogP contribution >= 0.6 is 11.3 Å². The van der Waals surface area contributed by atoms with Crippen LogP contribution in [0.3, 0.4) is 0 Å². The maximum absolute atomic E-state index is 13.6. The number of thiazole rings is 1. The van der Waals surface area contributed by atoms with Crippen molar-refractivity contribution in [3.63, 3.8) is 0 Å². The first-order valence-corrected chi connectivity index (χ1v) is 13.9. The number of amides is 1. The Labute approximate surface area is 230 Å². The van der Waals surface area contributed by atoms with E-state index >= 15 is 0 Å². The molecule has 0 saturated carbocycles. The fraction of sp³-hybridized carbons (Fsp3) is 0.226. The number of nitrogens with zero attached hydrogens (tertiary/aromatic N) is 3. The fourth-order valence-corrected chi connectivity index (χ4v) is 5.79. The van der Waals surface area contributed by atoms with Gasteiger partial charge in [-0.2, -0.15) is 0 Å². The van der Waals surface area contributed by atoms with Crippen LogP contribution < -0.4 is 5.32 Å². The molecule has 1 N–H and O–H groups in total. The Bertz CT molecular complexity index is 1710. The summed E-state index contributed by atoms with van der Waals surface area (Å²) in [6.45, 7) is 3.31. The van der Waals surface area contributed by atoms with Gasteiger partial charge in [0.15, 0.2) is 11.2 Å². The van der Waals surface area contributed by atoms with E-state index in [0.29, 0.717) is 23.7 Å². The number of likely N-dealkylation sites (N-methyl/N-ethyl adjacent to an activating group) is 1. The monoisotopic (exact) mass is 536 g/mol. The lowest BCUT2D eigenvalue weighted by Gasteiger charge is -2.27. The van der Waals surface area contributed by atoms with Crippen LogP contribution in [0.5, 0.6) is 0 Å². The van der Waals surface area contributed by atoms with Gasteiger partial charge in [-0.15, -0.1) is 11.3 Å². The van der Waals surface area contributed by atoms with Crippen molar-refractivity contribution in [3.8, 4) is 11.3 Å². The summed E-state index contributed by atoms with van der Waals surface area (Å²) in [5.74, 6) is -0.896. The number of esters is 1. The summed E-state index contributed by atoms with van der Waals surface area (Å²) in [5.41, 5.74) is 4.81. The van der Waals surface area contributed by atoms with Gasteiger partial charge in [0.25, 0.3) is 5.91 Å². The summed E-state index contributed by atoms with van der Waals surface area (Å²) >= 11 is 1.34. The SMILES string of the molecule is CCC(OC(=O)c1c2c(nc3ccccc13)CCN(C)C2)C(=O)Nc1nc(-c2ccc3ccccc3c2)cs1. The van der Waals surface area contributed by atoms with Gasteiger partial charge in [-0.1, -0.05) is 61.5 Å². The molecule has 6 rings (SSSR count). The zero-order valence-electron chi connectivity index (χ0n) is 21.8. The zero-order chi connectivity index (χ0) is 26.9. The maximum atomic E-state index is 13.6. The van der Waals surface area contributed by atoms with Crippen LogP contribution in [0.15, 0.2) is 72.1 Å². The molecule has 3 heterocycles. The van der Waals surface area contributed by atoms with Crippen molar-refractivity contribution in [3.05, 3.63) is 88.9 Å². The number of fused-ring (bicyclic) bond motifs is 3. The van der Waals surface area contributed by atoms with Gasteiger partial charge in [0, 0.05) is 47.1 Å². The number of hydrogen-bond donors (Lipinski definition) is 1. The average Bonchev–Trinajstić information content (AvgIpc) is 3.42. The van der Waals surface area contributed by atoms with Crippen LogP contribution in [0.1, 0.15) is 35.0 Å². The molecule has 1 amide bonds. The topological polar surface area (TPSA) is 84.4 Å². The molecule has 0 bridgehead atoms. The largest absolute Gasteiger partial charge is 0.449 e. The van der Waals surface area contributed by atoms with Crippen molar-refractivity contribution in [2.75, 3.05) is 18.9 Å². The number of benzene rings is 3. The highest BCUT2D eigenvalue weighted by Gasteiger charge is 2.29. The smallest absolute Gasteiger partial charge is 0.340 e. The van der Waals surface area contributed by atoms with E-state index in [1.807, 2.05) is 61.8 Å². The van der Waals surface area contributed by atoms with Gasteiger partial charge >= 0.3 is 5.97 Å². The summed E-state index contributed by atoms with van der Waals surface area (Å²) < 4.78 is 5.85. The van der Waals surface area contributed by atoms with E-state index in [9.17, 15) is 9.59 Å². The Morgan fingerprint density at radius 3 is 2.69 bits per heavy atom. The van der Waals surface area contributed by atoms with Crippen molar-refractivity contribution >= 4 is 50.0 Å². The van der Waals surface area contributed by atoms with Crippen molar-refractivity contribution in [2.45, 2.75) is 32.4 Å². The van der Waals surface area contributed by atoms with Gasteiger partial charge in [-0.05, 0) is 36.4 Å². The molecule has 3 aromatic carbocycles. The van der Waals surface area contributed by atoms with E-state index in [-0.39, 0.29) is 0 Å². The van der Waals surface area contributed by atoms with Gasteiger partial charge in [0.2, 0.25) is 0 Å². The third-order valence-corrected chi connectivity index (χ3v) is 7.89. The predicted octanol–water partition coefficient (Wildman–Crippen LogP) is 6.07. The molecule has 7 nitrogen and oxygen atoms in total. The number of carbonyl (C=O) groups excluding carboxylic acids is 2. The van der Waals surface area contributed by atoms with Gasteiger partial charge < -0.3 is 9.64 Å². The van der Waals surface area contributed by atoms with Gasteiger partial charge in [-0.25, -0.2) is 9.78 Å². The number of hydrogen-bond acceptors (Lipinski definition) is 7. The lowest BCUT2D eigenvalue weighted by atomic mass is 9.96. The first-order chi connectivity index (χ1) is 19.0. The lowest BCUT2D eigenvalue weighted by Crippen LogP contribution is -2.34. The van der Waals surface area contributed by atoms with E-state index in [4.69, 9.17) is 9.72 Å². The Hall–Kier alpha value is -4.14. The first-order valence-electron chi connectivity index (χ1n) is 13.1. The average molecular weight is 537 g/mol. The summed E-state index contributed by atoms with van der Waals surface area (Å²) in [4.78, 5) is 38.4. The Morgan fingerprint density at radius 2 is 1.85 bits per heavy atom. The summed E-state index contributed by atoms with van der Waals surface area (Å²) in [6.07, 6.45) is 0.151. The van der Waals surface area contributed by atoms with Gasteiger partial charge in [-0.3, -0.25) is 15.1 Å². The minimum absolute atomic E-state index is 0.339. The second kappa shape index (κ2) is 10.6. The van der Waals surface area contributed by atoms with Crippen LogP contribution in [0.25, 0.3) is 32.9 Å². The third-order valence-electron chi connectivity index (χ3n) is 7.13.